The lowest BCUT2D eigenvalue weighted by molar-refractivity contribution is 0.912. The topological polar surface area (TPSA) is 17.8 Å². The van der Waals surface area contributed by atoms with Gasteiger partial charge in [-0.05, 0) is 36.4 Å². The van der Waals surface area contributed by atoms with Crippen LogP contribution in [0, 0.1) is 0 Å². The Kier molecular flexibility index (Phi) is 3.58. The number of fused-ring (bicyclic) bond motifs is 1. The fourth-order valence-electron chi connectivity index (χ4n) is 2.21. The maximum atomic E-state index is 5.89. The molecular weight excluding hydrogens is 324 g/mol. The van der Waals surface area contributed by atoms with Crippen molar-refractivity contribution in [3.63, 3.8) is 0 Å². The molecular formula is C15H12BrClN2. The number of benzene rings is 2. The molecule has 0 atom stereocenters. The third kappa shape index (κ3) is 2.40. The summed E-state index contributed by atoms with van der Waals surface area (Å²) in [5, 5.41) is 0. The van der Waals surface area contributed by atoms with Gasteiger partial charge in [0, 0.05) is 22.5 Å². The molecule has 0 aliphatic carbocycles. The smallest absolute Gasteiger partial charge is 0.115 e. The minimum Gasteiger partial charge on any atom is -0.296 e. The Morgan fingerprint density at radius 3 is 2.53 bits per heavy atom. The molecule has 0 spiro atoms. The van der Waals surface area contributed by atoms with Crippen LogP contribution in [0.3, 0.4) is 0 Å². The lowest BCUT2D eigenvalue weighted by Crippen LogP contribution is -2.01. The quantitative estimate of drug-likeness (QED) is 0.641. The normalized spacial score (nSPS) is 11.1. The predicted molar refractivity (Wildman–Crippen MR) is 83.2 cm³/mol. The SMILES string of the molecule is ClCCc1nc2ccccc2n1-c1ccc(Br)cc1. The number of rotatable bonds is 3. The number of hydrogen-bond donors (Lipinski definition) is 0. The first kappa shape index (κ1) is 12.7. The number of alkyl halides is 1. The number of imidazole rings is 1. The van der Waals surface area contributed by atoms with Gasteiger partial charge in [-0.3, -0.25) is 4.57 Å². The summed E-state index contributed by atoms with van der Waals surface area (Å²) in [5.74, 6) is 1.57. The van der Waals surface area contributed by atoms with E-state index < -0.39 is 0 Å². The van der Waals surface area contributed by atoms with Crippen LogP contribution in [0.25, 0.3) is 16.7 Å². The molecule has 3 aromatic rings. The van der Waals surface area contributed by atoms with Crippen molar-refractivity contribution in [2.45, 2.75) is 6.42 Å². The Bertz CT molecular complexity index is 704. The lowest BCUT2D eigenvalue weighted by atomic mass is 10.2. The molecule has 96 valence electrons. The van der Waals surface area contributed by atoms with Crippen LogP contribution in [-0.2, 0) is 6.42 Å². The first-order valence-electron chi connectivity index (χ1n) is 6.08. The molecule has 19 heavy (non-hydrogen) atoms. The maximum absolute atomic E-state index is 5.89. The van der Waals surface area contributed by atoms with Crippen molar-refractivity contribution in [2.75, 3.05) is 5.88 Å². The van der Waals surface area contributed by atoms with E-state index in [9.17, 15) is 0 Å². The van der Waals surface area contributed by atoms with Crippen molar-refractivity contribution < 1.29 is 0 Å². The molecule has 1 heterocycles. The summed E-state index contributed by atoms with van der Waals surface area (Å²) >= 11 is 9.35. The molecule has 1 aromatic heterocycles. The molecule has 0 N–H and O–H groups in total. The fourth-order valence-corrected chi connectivity index (χ4v) is 2.64. The Labute approximate surface area is 125 Å². The first-order chi connectivity index (χ1) is 9.29. The number of hydrogen-bond acceptors (Lipinski definition) is 1. The summed E-state index contributed by atoms with van der Waals surface area (Å²) in [6.07, 6.45) is 0.756. The summed E-state index contributed by atoms with van der Waals surface area (Å²) in [6.45, 7) is 0. The highest BCUT2D eigenvalue weighted by Crippen LogP contribution is 2.23. The zero-order valence-corrected chi connectivity index (χ0v) is 12.5. The molecule has 0 saturated heterocycles. The molecule has 0 bridgehead atoms. The second kappa shape index (κ2) is 5.35. The second-order valence-electron chi connectivity index (χ2n) is 4.27. The minimum atomic E-state index is 0.569. The van der Waals surface area contributed by atoms with Gasteiger partial charge in [0.1, 0.15) is 5.82 Å². The van der Waals surface area contributed by atoms with Crippen LogP contribution in [0.5, 0.6) is 0 Å². The highest BCUT2D eigenvalue weighted by molar-refractivity contribution is 9.10. The highest BCUT2D eigenvalue weighted by Gasteiger charge is 2.11. The van der Waals surface area contributed by atoms with E-state index in [1.807, 2.05) is 30.3 Å². The summed E-state index contributed by atoms with van der Waals surface area (Å²) in [5.41, 5.74) is 3.23. The Balaban J connectivity index is 2.24. The second-order valence-corrected chi connectivity index (χ2v) is 5.56. The number of aromatic nitrogens is 2. The van der Waals surface area contributed by atoms with E-state index in [-0.39, 0.29) is 0 Å². The van der Waals surface area contributed by atoms with Gasteiger partial charge < -0.3 is 0 Å². The van der Waals surface area contributed by atoms with Crippen molar-refractivity contribution in [1.29, 1.82) is 0 Å². The lowest BCUT2D eigenvalue weighted by Gasteiger charge is -2.08. The average molecular weight is 336 g/mol. The van der Waals surface area contributed by atoms with Gasteiger partial charge in [-0.25, -0.2) is 4.98 Å². The summed E-state index contributed by atoms with van der Waals surface area (Å²) in [7, 11) is 0. The van der Waals surface area contributed by atoms with E-state index in [0.717, 1.165) is 33.4 Å². The Morgan fingerprint density at radius 1 is 1.05 bits per heavy atom. The molecule has 0 saturated carbocycles. The number of nitrogens with zero attached hydrogens (tertiary/aromatic N) is 2. The van der Waals surface area contributed by atoms with E-state index in [1.165, 1.54) is 0 Å². The van der Waals surface area contributed by atoms with Crippen molar-refractivity contribution in [3.8, 4) is 5.69 Å². The number of halogens is 2. The third-order valence-corrected chi connectivity index (χ3v) is 3.75. The van der Waals surface area contributed by atoms with Gasteiger partial charge in [0.15, 0.2) is 0 Å². The van der Waals surface area contributed by atoms with Gasteiger partial charge in [0.2, 0.25) is 0 Å². The Hall–Kier alpha value is -1.32. The van der Waals surface area contributed by atoms with Gasteiger partial charge in [0.25, 0.3) is 0 Å². The van der Waals surface area contributed by atoms with Crippen molar-refractivity contribution >= 4 is 38.6 Å². The molecule has 0 aliphatic rings. The molecule has 2 aromatic carbocycles. The first-order valence-corrected chi connectivity index (χ1v) is 7.40. The van der Waals surface area contributed by atoms with Crippen molar-refractivity contribution in [3.05, 3.63) is 58.8 Å². The average Bonchev–Trinajstić information content (AvgIpc) is 2.78. The molecule has 4 heteroatoms. The van der Waals surface area contributed by atoms with Gasteiger partial charge >= 0.3 is 0 Å². The third-order valence-electron chi connectivity index (χ3n) is 3.03. The highest BCUT2D eigenvalue weighted by atomic mass is 79.9. The largest absolute Gasteiger partial charge is 0.296 e. The monoisotopic (exact) mass is 334 g/mol. The van der Waals surface area contributed by atoms with Gasteiger partial charge in [-0.15, -0.1) is 11.6 Å². The fraction of sp³-hybridized carbons (Fsp3) is 0.133. The minimum absolute atomic E-state index is 0.569. The van der Waals surface area contributed by atoms with Crippen molar-refractivity contribution in [2.24, 2.45) is 0 Å². The van der Waals surface area contributed by atoms with Crippen LogP contribution >= 0.6 is 27.5 Å². The zero-order valence-electron chi connectivity index (χ0n) is 10.2. The van der Waals surface area contributed by atoms with E-state index in [0.29, 0.717) is 5.88 Å². The van der Waals surface area contributed by atoms with Crippen LogP contribution in [-0.4, -0.2) is 15.4 Å². The zero-order chi connectivity index (χ0) is 13.2. The van der Waals surface area contributed by atoms with Crippen LogP contribution in [0.15, 0.2) is 53.0 Å². The molecule has 0 fully saturated rings. The van der Waals surface area contributed by atoms with Gasteiger partial charge in [-0.1, -0.05) is 28.1 Å². The molecule has 0 amide bonds. The number of para-hydroxylation sites is 2. The summed E-state index contributed by atoms with van der Waals surface area (Å²) in [4.78, 5) is 4.67. The van der Waals surface area contributed by atoms with E-state index >= 15 is 0 Å². The molecule has 3 rings (SSSR count). The Morgan fingerprint density at radius 2 is 1.79 bits per heavy atom. The van der Waals surface area contributed by atoms with E-state index in [2.05, 4.69) is 43.7 Å². The molecule has 2 nitrogen and oxygen atoms in total. The van der Waals surface area contributed by atoms with E-state index in [1.54, 1.807) is 0 Å². The van der Waals surface area contributed by atoms with Crippen LogP contribution in [0.2, 0.25) is 0 Å². The maximum Gasteiger partial charge on any atom is 0.115 e. The van der Waals surface area contributed by atoms with E-state index in [4.69, 9.17) is 11.6 Å². The predicted octanol–water partition coefficient (Wildman–Crippen LogP) is 4.57. The number of aryl methyl sites for hydroxylation is 1. The van der Waals surface area contributed by atoms with Crippen molar-refractivity contribution in [1.82, 2.24) is 9.55 Å². The molecule has 0 unspecified atom stereocenters. The van der Waals surface area contributed by atoms with Crippen LogP contribution in [0.4, 0.5) is 0 Å². The summed E-state index contributed by atoms with van der Waals surface area (Å²) in [6, 6.07) is 16.4. The van der Waals surface area contributed by atoms with Gasteiger partial charge in [0.05, 0.1) is 11.0 Å². The standard InChI is InChI=1S/C15H12BrClN2/c16-11-5-7-12(8-6-11)19-14-4-2-1-3-13(14)18-15(19)9-10-17/h1-8H,9-10H2. The van der Waals surface area contributed by atoms with Gasteiger partial charge in [-0.2, -0.15) is 0 Å². The molecule has 0 radical (unpaired) electrons. The van der Waals surface area contributed by atoms with Crippen LogP contribution in [0.1, 0.15) is 5.82 Å². The molecule has 0 aliphatic heterocycles. The van der Waals surface area contributed by atoms with Crippen LogP contribution < -0.4 is 0 Å². The summed E-state index contributed by atoms with van der Waals surface area (Å²) < 4.78 is 3.24.